The third-order valence-corrected chi connectivity index (χ3v) is 5.26. The van der Waals surface area contributed by atoms with Crippen molar-refractivity contribution in [3.05, 3.63) is 33.8 Å². The quantitative estimate of drug-likeness (QED) is 0.653. The summed E-state index contributed by atoms with van der Waals surface area (Å²) in [5.41, 5.74) is -0.263. The molecule has 0 radical (unpaired) electrons. The molecule has 8 heteroatoms. The van der Waals surface area contributed by atoms with Gasteiger partial charge >= 0.3 is 6.09 Å². The Balaban J connectivity index is 2.18. The number of hydrogen-bond acceptors (Lipinski definition) is 4. The van der Waals surface area contributed by atoms with Gasteiger partial charge in [0, 0.05) is 18.2 Å². The van der Waals surface area contributed by atoms with Gasteiger partial charge in [0.1, 0.15) is 17.2 Å². The number of nitrogens with zero attached hydrogens (tertiary/aromatic N) is 1. The number of aliphatic imine (C=N–C) groups is 1. The molecule has 1 N–H and O–H groups in total. The molecule has 0 unspecified atom stereocenters. The Hall–Kier alpha value is -1.15. The summed E-state index contributed by atoms with van der Waals surface area (Å²) < 4.78 is 32.4. The van der Waals surface area contributed by atoms with Crippen LogP contribution in [0.3, 0.4) is 0 Å². The van der Waals surface area contributed by atoms with Crippen LogP contribution in [0.4, 0.5) is 13.6 Å². The molecule has 0 bridgehead atoms. The van der Waals surface area contributed by atoms with Crippen LogP contribution in [0.1, 0.15) is 39.7 Å². The second-order valence-corrected chi connectivity index (χ2v) is 8.99. The summed E-state index contributed by atoms with van der Waals surface area (Å²) in [5, 5.41) is 2.95. The minimum atomic E-state index is -0.674. The van der Waals surface area contributed by atoms with Crippen LogP contribution >= 0.6 is 27.7 Å². The maximum absolute atomic E-state index is 14.2. The molecule has 0 aliphatic carbocycles. The fraction of sp³-hybridized carbons (Fsp3) is 0.500. The van der Waals surface area contributed by atoms with Crippen molar-refractivity contribution in [1.29, 1.82) is 0 Å². The van der Waals surface area contributed by atoms with Gasteiger partial charge in [0.2, 0.25) is 0 Å². The highest BCUT2D eigenvalue weighted by molar-refractivity contribution is 9.10. The van der Waals surface area contributed by atoms with E-state index in [9.17, 15) is 13.6 Å². The number of ether oxygens (including phenoxy) is 1. The zero-order valence-corrected chi connectivity index (χ0v) is 16.3. The molecule has 0 fully saturated rings. The summed E-state index contributed by atoms with van der Waals surface area (Å²) in [4.78, 5) is 16.1. The predicted octanol–water partition coefficient (Wildman–Crippen LogP) is 4.96. The summed E-state index contributed by atoms with van der Waals surface area (Å²) in [6.45, 7) is 7.54. The zero-order chi connectivity index (χ0) is 18.1. The van der Waals surface area contributed by atoms with E-state index in [4.69, 9.17) is 4.74 Å². The number of rotatable bonds is 1. The predicted molar refractivity (Wildman–Crippen MR) is 95.3 cm³/mol. The Morgan fingerprint density at radius 2 is 2.04 bits per heavy atom. The molecule has 132 valence electrons. The normalized spacial score (nSPS) is 21.2. The topological polar surface area (TPSA) is 50.7 Å². The molecule has 24 heavy (non-hydrogen) atoms. The maximum Gasteiger partial charge on any atom is 0.413 e. The van der Waals surface area contributed by atoms with Crippen molar-refractivity contribution in [3.8, 4) is 0 Å². The number of amides is 1. The number of thioether (sulfide) groups is 1. The van der Waals surface area contributed by atoms with E-state index >= 15 is 0 Å². The van der Waals surface area contributed by atoms with Gasteiger partial charge in [-0.2, -0.15) is 0 Å². The Bertz CT molecular complexity index is 691. The first-order valence-electron chi connectivity index (χ1n) is 7.39. The standard InChI is InChI=1S/C16H19BrF2N2O2S/c1-15(2,3)23-14(22)21-13-20-6-5-16(4,24-13)9-7-10(17)12(19)8-11(9)18/h7-8H,5-6H2,1-4H3,(H,20,21,22)/t16-/m0/s1. The third-order valence-electron chi connectivity index (χ3n) is 3.35. The SMILES string of the molecule is CC(C)(C)OC(=O)NC1=NCC[C@@](C)(c2cc(Br)c(F)cc2F)S1. The van der Waals surface area contributed by atoms with E-state index in [1.165, 1.54) is 17.8 Å². The number of amidine groups is 1. The first-order valence-corrected chi connectivity index (χ1v) is 9.00. The molecule has 0 spiro atoms. The van der Waals surface area contributed by atoms with Gasteiger partial charge in [-0.15, -0.1) is 0 Å². The molecule has 1 aromatic carbocycles. The van der Waals surface area contributed by atoms with Gasteiger partial charge in [0.25, 0.3) is 0 Å². The lowest BCUT2D eigenvalue weighted by molar-refractivity contribution is 0.0564. The number of hydrogen-bond donors (Lipinski definition) is 1. The van der Waals surface area contributed by atoms with Gasteiger partial charge < -0.3 is 4.74 Å². The second-order valence-electron chi connectivity index (χ2n) is 6.64. The van der Waals surface area contributed by atoms with Gasteiger partial charge in [0.05, 0.1) is 9.22 Å². The average molecular weight is 421 g/mol. The number of benzene rings is 1. The van der Waals surface area contributed by atoms with Crippen LogP contribution in [0.2, 0.25) is 0 Å². The number of halogens is 3. The van der Waals surface area contributed by atoms with Crippen molar-refractivity contribution >= 4 is 39.0 Å². The van der Waals surface area contributed by atoms with Gasteiger partial charge in [-0.3, -0.25) is 10.3 Å². The smallest absolute Gasteiger partial charge is 0.413 e. The minimum Gasteiger partial charge on any atom is -0.444 e. The van der Waals surface area contributed by atoms with E-state index in [-0.39, 0.29) is 4.47 Å². The lowest BCUT2D eigenvalue weighted by atomic mass is 9.96. The van der Waals surface area contributed by atoms with Gasteiger partial charge in [0.15, 0.2) is 5.17 Å². The summed E-state index contributed by atoms with van der Waals surface area (Å²) >= 11 is 4.31. The van der Waals surface area contributed by atoms with Crippen molar-refractivity contribution in [2.45, 2.75) is 44.5 Å². The van der Waals surface area contributed by atoms with Crippen LogP contribution in [0.5, 0.6) is 0 Å². The molecule has 1 atom stereocenters. The summed E-state index contributed by atoms with van der Waals surface area (Å²) in [6, 6.07) is 2.30. The minimum absolute atomic E-state index is 0.199. The van der Waals surface area contributed by atoms with Gasteiger partial charge in [-0.1, -0.05) is 11.8 Å². The summed E-state index contributed by atoms with van der Waals surface area (Å²) in [6.07, 6.45) is -0.0506. The van der Waals surface area contributed by atoms with Crippen LogP contribution in [-0.4, -0.2) is 23.4 Å². The maximum atomic E-state index is 14.2. The Morgan fingerprint density at radius 3 is 2.67 bits per heavy atom. The monoisotopic (exact) mass is 420 g/mol. The van der Waals surface area contributed by atoms with Crippen molar-refractivity contribution in [1.82, 2.24) is 5.32 Å². The summed E-state index contributed by atoms with van der Waals surface area (Å²) in [5.74, 6) is -1.27. The van der Waals surface area contributed by atoms with Crippen LogP contribution in [0.25, 0.3) is 0 Å². The molecular weight excluding hydrogens is 402 g/mol. The highest BCUT2D eigenvalue weighted by Crippen LogP contribution is 2.44. The third kappa shape index (κ3) is 4.69. The highest BCUT2D eigenvalue weighted by Gasteiger charge is 2.36. The summed E-state index contributed by atoms with van der Waals surface area (Å²) in [7, 11) is 0. The molecule has 0 saturated carbocycles. The van der Waals surface area contributed by atoms with Crippen molar-refractivity contribution in [2.24, 2.45) is 4.99 Å². The number of alkyl carbamates (subject to hydrolysis) is 1. The zero-order valence-electron chi connectivity index (χ0n) is 13.9. The Labute approximate surface area is 152 Å². The molecule has 2 rings (SSSR count). The second kappa shape index (κ2) is 7.00. The van der Waals surface area contributed by atoms with E-state index in [1.807, 2.05) is 6.92 Å². The van der Waals surface area contributed by atoms with Gasteiger partial charge in [-0.25, -0.2) is 13.6 Å². The fourth-order valence-corrected chi connectivity index (χ4v) is 3.76. The Morgan fingerprint density at radius 1 is 1.38 bits per heavy atom. The number of nitrogens with one attached hydrogen (secondary N) is 1. The van der Waals surface area contributed by atoms with Gasteiger partial charge in [-0.05, 0) is 56.1 Å². The van der Waals surface area contributed by atoms with Crippen LogP contribution in [-0.2, 0) is 9.48 Å². The largest absolute Gasteiger partial charge is 0.444 e. The molecule has 1 heterocycles. The fourth-order valence-electron chi connectivity index (χ4n) is 2.24. The van der Waals surface area contributed by atoms with E-state index in [1.54, 1.807) is 20.8 Å². The molecule has 1 amide bonds. The average Bonchev–Trinajstić information content (AvgIpc) is 2.40. The van der Waals surface area contributed by atoms with Crippen molar-refractivity contribution in [3.63, 3.8) is 0 Å². The molecule has 4 nitrogen and oxygen atoms in total. The highest BCUT2D eigenvalue weighted by atomic mass is 79.9. The lowest BCUT2D eigenvalue weighted by Crippen LogP contribution is -2.39. The molecule has 1 aliphatic rings. The molecule has 1 aromatic rings. The van der Waals surface area contributed by atoms with Crippen molar-refractivity contribution < 1.29 is 18.3 Å². The molecule has 0 aromatic heterocycles. The van der Waals surface area contributed by atoms with Crippen molar-refractivity contribution in [2.75, 3.05) is 6.54 Å². The molecule has 1 aliphatic heterocycles. The lowest BCUT2D eigenvalue weighted by Gasteiger charge is -2.33. The van der Waals surface area contributed by atoms with Crippen LogP contribution in [0, 0.1) is 11.6 Å². The van der Waals surface area contributed by atoms with Crippen LogP contribution < -0.4 is 5.32 Å². The van der Waals surface area contributed by atoms with E-state index in [0.717, 1.165) is 6.07 Å². The first kappa shape index (κ1) is 19.2. The molecular formula is C16H19BrF2N2O2S. The number of carbonyl (C=O) groups is 1. The first-order chi connectivity index (χ1) is 11.0. The number of carbonyl (C=O) groups excluding carboxylic acids is 1. The molecule has 0 saturated heterocycles. The Kier molecular flexibility index (Phi) is 5.59. The van der Waals surface area contributed by atoms with E-state index in [2.05, 4.69) is 26.2 Å². The van der Waals surface area contributed by atoms with E-state index in [0.29, 0.717) is 23.7 Å². The van der Waals surface area contributed by atoms with Crippen LogP contribution in [0.15, 0.2) is 21.6 Å². The van der Waals surface area contributed by atoms with E-state index < -0.39 is 28.1 Å².